The number of aliphatic hydroxyl groups excluding tert-OH is 1. The molecule has 1 atom stereocenters. The van der Waals surface area contributed by atoms with E-state index in [9.17, 15) is 13.5 Å². The van der Waals surface area contributed by atoms with Crippen molar-refractivity contribution in [2.75, 3.05) is 13.1 Å². The molecule has 0 saturated carbocycles. The zero-order valence-electron chi connectivity index (χ0n) is 9.08. The number of sulfonamides is 1. The Balaban J connectivity index is 2.09. The highest BCUT2D eigenvalue weighted by molar-refractivity contribution is 7.88. The van der Waals surface area contributed by atoms with Crippen LogP contribution in [0.2, 0.25) is 5.15 Å². The van der Waals surface area contributed by atoms with Crippen molar-refractivity contribution in [3.63, 3.8) is 0 Å². The topological polar surface area (TPSA) is 70.5 Å². The Hall–Kier alpha value is -0.690. The van der Waals surface area contributed by atoms with Crippen LogP contribution in [0.3, 0.4) is 0 Å². The van der Waals surface area contributed by atoms with E-state index in [1.165, 1.54) is 10.5 Å². The Kier molecular flexibility index (Phi) is 3.67. The maximum Gasteiger partial charge on any atom is 0.218 e. The molecule has 1 aliphatic heterocycles. The van der Waals surface area contributed by atoms with Gasteiger partial charge in [0.05, 0.1) is 11.9 Å². The van der Waals surface area contributed by atoms with E-state index in [1.807, 2.05) is 0 Å². The quantitative estimate of drug-likeness (QED) is 0.822. The monoisotopic (exact) mass is 276 g/mol. The van der Waals surface area contributed by atoms with E-state index < -0.39 is 16.1 Å². The molecule has 1 N–H and O–H groups in total. The van der Waals surface area contributed by atoms with Gasteiger partial charge in [-0.2, -0.15) is 4.31 Å². The van der Waals surface area contributed by atoms with Crippen LogP contribution in [-0.4, -0.2) is 42.0 Å². The standard InChI is InChI=1S/C10H13ClN2O3S/c11-10-2-1-8(5-12-10)7-17(15,16)13-4-3-9(14)6-13/h1-2,5,9,14H,3-4,6-7H2/t9-/m0/s1. The summed E-state index contributed by atoms with van der Waals surface area (Å²) in [7, 11) is -3.37. The SMILES string of the molecule is O=S(=O)(Cc1ccc(Cl)nc1)N1CC[C@H](O)C1. The fraction of sp³-hybridized carbons (Fsp3) is 0.500. The van der Waals surface area contributed by atoms with E-state index in [4.69, 9.17) is 11.6 Å². The Morgan fingerprint density at radius 3 is 2.82 bits per heavy atom. The molecule has 1 aliphatic rings. The summed E-state index contributed by atoms with van der Waals surface area (Å²) in [4.78, 5) is 3.84. The van der Waals surface area contributed by atoms with Gasteiger partial charge in [0.15, 0.2) is 0 Å². The smallest absolute Gasteiger partial charge is 0.218 e. The predicted octanol–water partition coefficient (Wildman–Crippen LogP) is 0.631. The Morgan fingerprint density at radius 2 is 2.29 bits per heavy atom. The fourth-order valence-corrected chi connectivity index (χ4v) is 3.43. The summed E-state index contributed by atoms with van der Waals surface area (Å²) in [6.07, 6.45) is 1.40. The second-order valence-corrected chi connectivity index (χ2v) is 6.40. The molecule has 0 bridgehead atoms. The largest absolute Gasteiger partial charge is 0.392 e. The van der Waals surface area contributed by atoms with Crippen LogP contribution in [0.5, 0.6) is 0 Å². The van der Waals surface area contributed by atoms with Crippen LogP contribution in [0.4, 0.5) is 0 Å². The summed E-state index contributed by atoms with van der Waals surface area (Å²) >= 11 is 5.63. The van der Waals surface area contributed by atoms with Gasteiger partial charge in [0.25, 0.3) is 0 Å². The molecule has 7 heteroatoms. The third kappa shape index (κ3) is 3.16. The molecule has 1 aromatic heterocycles. The third-order valence-corrected chi connectivity index (χ3v) is 4.70. The lowest BCUT2D eigenvalue weighted by molar-refractivity contribution is 0.189. The minimum atomic E-state index is -3.37. The van der Waals surface area contributed by atoms with E-state index >= 15 is 0 Å². The van der Waals surface area contributed by atoms with Gasteiger partial charge in [-0.15, -0.1) is 0 Å². The third-order valence-electron chi connectivity index (χ3n) is 2.66. The first-order valence-electron chi connectivity index (χ1n) is 5.24. The van der Waals surface area contributed by atoms with E-state index in [0.29, 0.717) is 23.7 Å². The fourth-order valence-electron chi connectivity index (χ4n) is 1.76. The van der Waals surface area contributed by atoms with E-state index in [-0.39, 0.29) is 12.3 Å². The van der Waals surface area contributed by atoms with E-state index in [1.54, 1.807) is 12.1 Å². The van der Waals surface area contributed by atoms with Gasteiger partial charge < -0.3 is 5.11 Å². The zero-order chi connectivity index (χ0) is 12.5. The van der Waals surface area contributed by atoms with Crippen molar-refractivity contribution in [1.82, 2.24) is 9.29 Å². The lowest BCUT2D eigenvalue weighted by Crippen LogP contribution is -2.30. The lowest BCUT2D eigenvalue weighted by atomic mass is 10.3. The molecule has 1 saturated heterocycles. The lowest BCUT2D eigenvalue weighted by Gasteiger charge is -2.15. The van der Waals surface area contributed by atoms with Crippen LogP contribution in [0.15, 0.2) is 18.3 Å². The molecule has 2 heterocycles. The number of nitrogens with zero attached hydrogens (tertiary/aromatic N) is 2. The number of halogens is 1. The number of β-amino-alcohol motifs (C(OH)–C–C–N with tert-alkyl or cyclic N) is 1. The Bertz CT molecular complexity index is 489. The second kappa shape index (κ2) is 4.89. The van der Waals surface area contributed by atoms with Crippen LogP contribution in [0, 0.1) is 0 Å². The number of pyridine rings is 1. The van der Waals surface area contributed by atoms with Crippen LogP contribution in [0.1, 0.15) is 12.0 Å². The van der Waals surface area contributed by atoms with Crippen LogP contribution in [0.25, 0.3) is 0 Å². The van der Waals surface area contributed by atoms with E-state index in [2.05, 4.69) is 4.98 Å². The molecule has 0 amide bonds. The minimum absolute atomic E-state index is 0.107. The highest BCUT2D eigenvalue weighted by Crippen LogP contribution is 2.17. The first kappa shape index (κ1) is 12.8. The van der Waals surface area contributed by atoms with Crippen molar-refractivity contribution in [1.29, 1.82) is 0 Å². The van der Waals surface area contributed by atoms with Gasteiger partial charge >= 0.3 is 0 Å². The molecular weight excluding hydrogens is 264 g/mol. The van der Waals surface area contributed by atoms with Crippen molar-refractivity contribution in [3.05, 3.63) is 29.0 Å². The predicted molar refractivity (Wildman–Crippen MR) is 64.1 cm³/mol. The molecule has 0 aromatic carbocycles. The van der Waals surface area contributed by atoms with Gasteiger partial charge in [-0.25, -0.2) is 13.4 Å². The highest BCUT2D eigenvalue weighted by atomic mass is 35.5. The van der Waals surface area contributed by atoms with Crippen LogP contribution >= 0.6 is 11.6 Å². The number of aromatic nitrogens is 1. The molecule has 17 heavy (non-hydrogen) atoms. The molecule has 0 unspecified atom stereocenters. The summed E-state index contributed by atoms with van der Waals surface area (Å²) in [6, 6.07) is 3.20. The summed E-state index contributed by atoms with van der Waals surface area (Å²) < 4.78 is 25.3. The van der Waals surface area contributed by atoms with Crippen molar-refractivity contribution in [2.24, 2.45) is 0 Å². The normalized spacial score (nSPS) is 21.9. The maximum absolute atomic E-state index is 12.0. The minimum Gasteiger partial charge on any atom is -0.392 e. The molecule has 2 rings (SSSR count). The van der Waals surface area contributed by atoms with Gasteiger partial charge in [-0.3, -0.25) is 0 Å². The molecule has 0 radical (unpaired) electrons. The van der Waals surface area contributed by atoms with Crippen molar-refractivity contribution >= 4 is 21.6 Å². The summed E-state index contributed by atoms with van der Waals surface area (Å²) in [6.45, 7) is 0.563. The number of aliphatic hydroxyl groups is 1. The zero-order valence-corrected chi connectivity index (χ0v) is 10.7. The molecule has 0 aliphatic carbocycles. The van der Waals surface area contributed by atoms with Crippen LogP contribution < -0.4 is 0 Å². The van der Waals surface area contributed by atoms with Crippen molar-refractivity contribution in [3.8, 4) is 0 Å². The Morgan fingerprint density at radius 1 is 1.53 bits per heavy atom. The molecule has 5 nitrogen and oxygen atoms in total. The Labute approximate surface area is 105 Å². The average Bonchev–Trinajstić information content (AvgIpc) is 2.69. The highest BCUT2D eigenvalue weighted by Gasteiger charge is 2.30. The first-order valence-corrected chi connectivity index (χ1v) is 7.22. The molecule has 94 valence electrons. The average molecular weight is 277 g/mol. The van der Waals surface area contributed by atoms with Gasteiger partial charge in [0.2, 0.25) is 10.0 Å². The second-order valence-electron chi connectivity index (χ2n) is 4.05. The molecule has 0 spiro atoms. The van der Waals surface area contributed by atoms with Gasteiger partial charge in [-0.1, -0.05) is 17.7 Å². The van der Waals surface area contributed by atoms with Gasteiger partial charge in [0, 0.05) is 19.3 Å². The number of hydrogen-bond acceptors (Lipinski definition) is 4. The first-order chi connectivity index (χ1) is 7.97. The van der Waals surface area contributed by atoms with Gasteiger partial charge in [-0.05, 0) is 18.1 Å². The molecule has 1 fully saturated rings. The number of hydrogen-bond donors (Lipinski definition) is 1. The molecular formula is C10H13ClN2O3S. The maximum atomic E-state index is 12.0. The van der Waals surface area contributed by atoms with Crippen LogP contribution in [-0.2, 0) is 15.8 Å². The van der Waals surface area contributed by atoms with Crippen molar-refractivity contribution < 1.29 is 13.5 Å². The van der Waals surface area contributed by atoms with Gasteiger partial charge in [0.1, 0.15) is 5.15 Å². The number of rotatable bonds is 3. The molecule has 1 aromatic rings. The summed E-state index contributed by atoms with van der Waals surface area (Å²) in [5, 5.41) is 9.67. The van der Waals surface area contributed by atoms with E-state index in [0.717, 1.165) is 0 Å². The van der Waals surface area contributed by atoms with Crippen molar-refractivity contribution in [2.45, 2.75) is 18.3 Å². The summed E-state index contributed by atoms with van der Waals surface area (Å²) in [5.74, 6) is -0.107. The summed E-state index contributed by atoms with van der Waals surface area (Å²) in [5.41, 5.74) is 0.593.